The minimum absolute atomic E-state index is 0.0771. The van der Waals surface area contributed by atoms with Gasteiger partial charge < -0.3 is 19.7 Å². The van der Waals surface area contributed by atoms with E-state index in [0.717, 1.165) is 37.6 Å². The lowest BCUT2D eigenvalue weighted by Crippen LogP contribution is -2.68. The van der Waals surface area contributed by atoms with E-state index < -0.39 is 6.29 Å². The van der Waals surface area contributed by atoms with E-state index in [1.54, 1.807) is 25.1 Å². The van der Waals surface area contributed by atoms with Gasteiger partial charge in [-0.15, -0.1) is 0 Å². The SMILES string of the molecule is C=C(C)[C@@H]1CC[C@]2(NCCN3CCSCC3)CC[C@]3(C)[C@H](CC[C@@H]4[C@@]5(C)CC=C(C6=CCC(C(=O)OC(C)Oc7cccc(C#N)n7)CC6)C(C)(C)[C@@H]5CC[C@]43C)[C@@H]12. The van der Waals surface area contributed by atoms with Gasteiger partial charge in [0.1, 0.15) is 11.8 Å². The molecule has 6 aliphatic carbocycles. The number of nitrogens with one attached hydrogen (secondary N) is 1. The van der Waals surface area contributed by atoms with E-state index in [4.69, 9.17) is 14.7 Å². The van der Waals surface area contributed by atoms with Gasteiger partial charge in [0.15, 0.2) is 0 Å². The number of pyridine rings is 1. The van der Waals surface area contributed by atoms with Crippen molar-refractivity contribution in [1.82, 2.24) is 15.2 Å². The number of thioether (sulfide) groups is 1. The van der Waals surface area contributed by atoms with E-state index in [0.29, 0.717) is 35.0 Å². The Labute approximate surface area is 354 Å². The molecule has 1 aromatic heterocycles. The van der Waals surface area contributed by atoms with Gasteiger partial charge in [-0.1, -0.05) is 65.0 Å². The first-order valence-corrected chi connectivity index (χ1v) is 24.2. The summed E-state index contributed by atoms with van der Waals surface area (Å²) in [6, 6.07) is 7.04. The zero-order valence-electron chi connectivity index (χ0n) is 36.8. The van der Waals surface area contributed by atoms with Crippen LogP contribution in [0, 0.1) is 68.5 Å². The molecule has 1 aromatic rings. The van der Waals surface area contributed by atoms with Crippen LogP contribution in [0.2, 0.25) is 0 Å². The molecule has 0 spiro atoms. The Balaban J connectivity index is 0.962. The normalized spacial score (nSPS) is 40.0. The predicted molar refractivity (Wildman–Crippen MR) is 235 cm³/mol. The van der Waals surface area contributed by atoms with Crippen LogP contribution >= 0.6 is 11.8 Å². The molecular formula is C50H72N4O3S. The van der Waals surface area contributed by atoms with Gasteiger partial charge in [0.25, 0.3) is 0 Å². The van der Waals surface area contributed by atoms with Crippen LogP contribution in [0.15, 0.2) is 53.6 Å². The monoisotopic (exact) mass is 809 g/mol. The predicted octanol–water partition coefficient (Wildman–Crippen LogP) is 10.5. The number of fused-ring (bicyclic) bond motifs is 7. The lowest BCUT2D eigenvalue weighted by atomic mass is 9.33. The first-order valence-electron chi connectivity index (χ1n) is 23.0. The van der Waals surface area contributed by atoms with Crippen molar-refractivity contribution < 1.29 is 14.3 Å². The van der Waals surface area contributed by atoms with E-state index in [-0.39, 0.29) is 39.8 Å². The summed E-state index contributed by atoms with van der Waals surface area (Å²) >= 11 is 2.11. The second-order valence-electron chi connectivity index (χ2n) is 21.1. The summed E-state index contributed by atoms with van der Waals surface area (Å²) in [5, 5.41) is 13.5. The molecule has 316 valence electrons. The topological polar surface area (TPSA) is 87.5 Å². The van der Waals surface area contributed by atoms with Crippen molar-refractivity contribution >= 4 is 17.7 Å². The zero-order valence-corrected chi connectivity index (χ0v) is 37.7. The zero-order chi connectivity index (χ0) is 41.1. The molecule has 0 radical (unpaired) electrons. The summed E-state index contributed by atoms with van der Waals surface area (Å²) < 4.78 is 11.5. The number of ether oxygens (including phenoxy) is 2. The van der Waals surface area contributed by atoms with Crippen LogP contribution in [-0.4, -0.2) is 65.4 Å². The number of nitriles is 1. The van der Waals surface area contributed by atoms with E-state index in [1.807, 2.05) is 6.07 Å². The molecule has 7 aliphatic rings. The standard InChI is InChI=1S/C50H72N4O3S/c1-33(2)38-18-23-50(52-26-27-54-28-30-58-31-29-54)25-24-48(7)40(44(38)50)16-17-42-47(6)21-19-39(46(4,5)41(47)20-22-49(42,48)8)35-12-14-36(15-13-35)45(55)57-34(3)56-43-11-9-10-37(32-51)53-43/h9-12,19,34,36,38,40-42,44,52H,1,13-18,20-31H2,2-8H3/t34?,36?,38-,40+,41-,42+,44+,47-,48+,49+,50-/m0/s1. The molecule has 0 amide bonds. The molecule has 1 aliphatic heterocycles. The van der Waals surface area contributed by atoms with Gasteiger partial charge in [-0.2, -0.15) is 17.0 Å². The summed E-state index contributed by atoms with van der Waals surface area (Å²) in [6.45, 7) is 26.9. The maximum Gasteiger partial charge on any atom is 0.312 e. The number of hydrogen-bond acceptors (Lipinski definition) is 8. The molecule has 2 heterocycles. The quantitative estimate of drug-likeness (QED) is 0.142. The minimum atomic E-state index is -0.779. The number of esters is 1. The fourth-order valence-corrected chi connectivity index (χ4v) is 16.2. The maximum atomic E-state index is 13.3. The van der Waals surface area contributed by atoms with Gasteiger partial charge >= 0.3 is 5.97 Å². The third-order valence-electron chi connectivity index (χ3n) is 18.2. The Hall–Kier alpha value is -2.60. The van der Waals surface area contributed by atoms with Crippen molar-refractivity contribution in [3.8, 4) is 11.9 Å². The average molecular weight is 809 g/mol. The third-order valence-corrected chi connectivity index (χ3v) is 19.1. The third kappa shape index (κ3) is 7.13. The highest BCUT2D eigenvalue weighted by atomic mass is 32.2. The van der Waals surface area contributed by atoms with Crippen LogP contribution in [-0.2, 0) is 9.53 Å². The van der Waals surface area contributed by atoms with Crippen LogP contribution in [0.3, 0.4) is 0 Å². The average Bonchev–Trinajstić information content (AvgIpc) is 3.58. The second-order valence-corrected chi connectivity index (χ2v) is 22.3. The smallest absolute Gasteiger partial charge is 0.312 e. The highest BCUT2D eigenvalue weighted by molar-refractivity contribution is 7.99. The molecule has 7 nitrogen and oxygen atoms in total. The van der Waals surface area contributed by atoms with Gasteiger partial charge in [-0.25, -0.2) is 4.98 Å². The number of allylic oxidation sites excluding steroid dienone is 5. The largest absolute Gasteiger partial charge is 0.438 e. The van der Waals surface area contributed by atoms with Crippen molar-refractivity contribution in [3.05, 3.63) is 59.3 Å². The molecule has 0 bridgehead atoms. The first kappa shape index (κ1) is 42.1. The molecule has 0 aromatic carbocycles. The van der Waals surface area contributed by atoms with Crippen LogP contribution in [0.1, 0.15) is 131 Å². The first-order chi connectivity index (χ1) is 27.6. The van der Waals surface area contributed by atoms with Crippen molar-refractivity contribution in [2.45, 2.75) is 137 Å². The number of hydrogen-bond donors (Lipinski definition) is 1. The molecule has 1 N–H and O–H groups in total. The van der Waals surface area contributed by atoms with E-state index in [2.05, 4.69) is 87.2 Å². The lowest BCUT2D eigenvalue weighted by molar-refractivity contribution is -0.221. The van der Waals surface area contributed by atoms with Crippen LogP contribution in [0.5, 0.6) is 5.88 Å². The number of carbonyl (C=O) groups is 1. The summed E-state index contributed by atoms with van der Waals surface area (Å²) in [5.41, 5.74) is 5.98. The highest BCUT2D eigenvalue weighted by Crippen LogP contribution is 2.76. The number of rotatable bonds is 10. The molecule has 1 saturated heterocycles. The Morgan fingerprint density at radius 2 is 1.81 bits per heavy atom. The summed E-state index contributed by atoms with van der Waals surface area (Å²) in [5.74, 6) is 5.91. The number of aromatic nitrogens is 1. The Bertz CT molecular complexity index is 1840. The minimum Gasteiger partial charge on any atom is -0.438 e. The molecule has 2 unspecified atom stereocenters. The van der Waals surface area contributed by atoms with E-state index >= 15 is 0 Å². The van der Waals surface area contributed by atoms with Crippen molar-refractivity contribution in [1.29, 1.82) is 5.26 Å². The van der Waals surface area contributed by atoms with Gasteiger partial charge in [-0.3, -0.25) is 4.79 Å². The van der Waals surface area contributed by atoms with Crippen LogP contribution in [0.4, 0.5) is 0 Å². The molecule has 8 rings (SSSR count). The van der Waals surface area contributed by atoms with Gasteiger partial charge in [0, 0.05) is 56.2 Å². The second kappa shape index (κ2) is 16.0. The fraction of sp³-hybridized carbons (Fsp3) is 0.740. The molecular weight excluding hydrogens is 737 g/mol. The molecule has 8 heteroatoms. The lowest BCUT2D eigenvalue weighted by Gasteiger charge is -2.72. The van der Waals surface area contributed by atoms with Crippen molar-refractivity contribution in [2.75, 3.05) is 37.7 Å². The number of carbonyl (C=O) groups excluding carboxylic acids is 1. The van der Waals surface area contributed by atoms with Gasteiger partial charge in [-0.05, 0) is 152 Å². The molecule has 11 atom stereocenters. The number of nitrogens with zero attached hydrogens (tertiary/aromatic N) is 3. The van der Waals surface area contributed by atoms with Crippen molar-refractivity contribution in [2.24, 2.45) is 57.2 Å². The summed E-state index contributed by atoms with van der Waals surface area (Å²) in [4.78, 5) is 20.1. The highest BCUT2D eigenvalue weighted by Gasteiger charge is 2.70. The van der Waals surface area contributed by atoms with Gasteiger partial charge in [0.05, 0.1) is 5.92 Å². The summed E-state index contributed by atoms with van der Waals surface area (Å²) in [7, 11) is 0. The van der Waals surface area contributed by atoms with E-state index in [9.17, 15) is 4.79 Å². The Kier molecular flexibility index (Phi) is 11.6. The maximum absolute atomic E-state index is 13.3. The van der Waals surface area contributed by atoms with Crippen LogP contribution in [0.25, 0.3) is 0 Å². The van der Waals surface area contributed by atoms with Gasteiger partial charge in [0.2, 0.25) is 12.2 Å². The Morgan fingerprint density at radius 1 is 1.02 bits per heavy atom. The molecule has 4 saturated carbocycles. The van der Waals surface area contributed by atoms with Crippen LogP contribution < -0.4 is 10.1 Å². The molecule has 5 fully saturated rings. The molecule has 58 heavy (non-hydrogen) atoms. The Morgan fingerprint density at radius 3 is 2.53 bits per heavy atom. The summed E-state index contributed by atoms with van der Waals surface area (Å²) in [6.07, 6.45) is 18.4. The fourth-order valence-electron chi connectivity index (χ4n) is 15.2. The van der Waals surface area contributed by atoms with E-state index in [1.165, 1.54) is 99.2 Å². The van der Waals surface area contributed by atoms with Crippen molar-refractivity contribution in [3.63, 3.8) is 0 Å².